The molecular weight excluding hydrogens is 692 g/mol. The van der Waals surface area contributed by atoms with Crippen molar-refractivity contribution in [2.24, 2.45) is 0 Å². The Morgan fingerprint density at radius 3 is 1.32 bits per heavy atom. The van der Waals surface area contributed by atoms with E-state index in [0.29, 0.717) is 11.1 Å². The molecule has 0 spiro atoms. The summed E-state index contributed by atoms with van der Waals surface area (Å²) < 4.78 is 80.2. The minimum Gasteiger partial charge on any atom is -0.345 e. The molecule has 0 atom stereocenters. The molecule has 4 heterocycles. The van der Waals surface area contributed by atoms with Crippen molar-refractivity contribution in [1.29, 1.82) is 0 Å². The molecule has 0 saturated heterocycles. The van der Waals surface area contributed by atoms with E-state index in [9.17, 15) is 26.3 Å². The van der Waals surface area contributed by atoms with Gasteiger partial charge in [-0.05, 0) is 88.3 Å². The first-order valence-electron chi connectivity index (χ1n) is 16.3. The van der Waals surface area contributed by atoms with Gasteiger partial charge in [0, 0.05) is 30.8 Å². The van der Waals surface area contributed by atoms with E-state index in [1.807, 2.05) is 109 Å². The fourth-order valence-corrected chi connectivity index (χ4v) is 5.83. The predicted molar refractivity (Wildman–Crippen MR) is 191 cm³/mol. The van der Waals surface area contributed by atoms with Gasteiger partial charge in [0.15, 0.2) is 11.3 Å². The number of rotatable bonds is 6. The highest BCUT2D eigenvalue weighted by Crippen LogP contribution is 2.32. The molecule has 0 aliphatic carbocycles. The molecular formula is C40H29F6N7. The van der Waals surface area contributed by atoms with Gasteiger partial charge in [0.25, 0.3) is 0 Å². The smallest absolute Gasteiger partial charge is 0.345 e. The molecule has 8 rings (SSSR count). The van der Waals surface area contributed by atoms with Crippen molar-refractivity contribution in [1.82, 2.24) is 29.2 Å². The second kappa shape index (κ2) is 14.3. The molecule has 0 fully saturated rings. The average Bonchev–Trinajstić information content (AvgIpc) is 3.81. The molecule has 0 amide bonds. The topological polar surface area (TPSA) is 63.6 Å². The number of anilines is 2. The Morgan fingerprint density at radius 1 is 0.453 bits per heavy atom. The molecule has 53 heavy (non-hydrogen) atoms. The molecule has 0 saturated carbocycles. The molecule has 4 aromatic carbocycles. The molecule has 7 nitrogen and oxygen atoms in total. The fourth-order valence-electron chi connectivity index (χ4n) is 5.83. The van der Waals surface area contributed by atoms with Gasteiger partial charge in [0.2, 0.25) is 11.6 Å². The SMILES string of the molecule is CN(c1ccccc1)c1ccc(-c2ccc3nnc(C(F)(F)F)n3c2)cc1.FC(F)(F)c1nnc2ccc(-c3ccc(Cc4ccccc4)cc3)cn12. The standard InChI is InChI=1S/C20H15F3N4.C20H14F3N3/c1-26(16-5-3-2-4-6-16)17-10-7-14(8-11-17)15-9-12-18-24-25-19(20(21,22)23)27(18)13-15;21-20(22,23)19-25-24-18-11-10-17(13-26(18)19)16-8-6-15(7-9-16)12-14-4-2-1-3-5-14/h2-13H,1H3;1-11,13H,12H2. The van der Waals surface area contributed by atoms with Gasteiger partial charge in [0.05, 0.1) is 0 Å². The van der Waals surface area contributed by atoms with Crippen LogP contribution in [0.2, 0.25) is 0 Å². The number of hydrogen-bond donors (Lipinski definition) is 0. The van der Waals surface area contributed by atoms with Crippen LogP contribution in [0.4, 0.5) is 37.7 Å². The Balaban J connectivity index is 0.000000164. The van der Waals surface area contributed by atoms with Crippen LogP contribution in [0.3, 0.4) is 0 Å². The highest BCUT2D eigenvalue weighted by atomic mass is 19.4. The van der Waals surface area contributed by atoms with Crippen LogP contribution in [0.25, 0.3) is 33.5 Å². The van der Waals surface area contributed by atoms with Crippen LogP contribution in [-0.4, -0.2) is 36.2 Å². The second-order valence-electron chi connectivity index (χ2n) is 12.1. The molecule has 0 unspecified atom stereocenters. The van der Waals surface area contributed by atoms with Gasteiger partial charge in [-0.1, -0.05) is 84.9 Å². The molecule has 0 aliphatic rings. The number of alkyl halides is 6. The van der Waals surface area contributed by atoms with Crippen LogP contribution in [0.15, 0.2) is 146 Å². The highest BCUT2D eigenvalue weighted by molar-refractivity contribution is 5.70. The molecule has 0 bridgehead atoms. The molecule has 4 aromatic heterocycles. The van der Waals surface area contributed by atoms with Gasteiger partial charge in [0.1, 0.15) is 0 Å². The number of benzene rings is 4. The Hall–Kier alpha value is -6.50. The molecule has 8 aromatic rings. The lowest BCUT2D eigenvalue weighted by atomic mass is 10.0. The summed E-state index contributed by atoms with van der Waals surface area (Å²) in [7, 11) is 1.96. The summed E-state index contributed by atoms with van der Waals surface area (Å²) in [6.45, 7) is 0. The van der Waals surface area contributed by atoms with E-state index < -0.39 is 24.0 Å². The third-order valence-electron chi connectivity index (χ3n) is 8.58. The van der Waals surface area contributed by atoms with Crippen molar-refractivity contribution < 1.29 is 26.3 Å². The molecule has 0 aliphatic heterocycles. The van der Waals surface area contributed by atoms with Crippen molar-refractivity contribution >= 4 is 22.7 Å². The lowest BCUT2D eigenvalue weighted by Gasteiger charge is -2.19. The van der Waals surface area contributed by atoms with Crippen LogP contribution in [0, 0.1) is 0 Å². The maximum absolute atomic E-state index is 13.1. The van der Waals surface area contributed by atoms with E-state index >= 15 is 0 Å². The number of nitrogens with zero attached hydrogens (tertiary/aromatic N) is 7. The summed E-state index contributed by atoms with van der Waals surface area (Å²) in [4.78, 5) is 2.04. The number of aromatic nitrogens is 6. The summed E-state index contributed by atoms with van der Waals surface area (Å²) in [5.74, 6) is -2.05. The van der Waals surface area contributed by atoms with E-state index in [2.05, 4.69) is 32.5 Å². The van der Waals surface area contributed by atoms with Crippen molar-refractivity contribution in [3.63, 3.8) is 0 Å². The largest absolute Gasteiger partial charge is 0.452 e. The van der Waals surface area contributed by atoms with E-state index in [4.69, 9.17) is 0 Å². The van der Waals surface area contributed by atoms with Gasteiger partial charge in [-0.25, -0.2) is 0 Å². The molecule has 266 valence electrons. The van der Waals surface area contributed by atoms with Crippen LogP contribution in [0.1, 0.15) is 22.8 Å². The van der Waals surface area contributed by atoms with E-state index in [0.717, 1.165) is 43.3 Å². The number of fused-ring (bicyclic) bond motifs is 2. The number of para-hydroxylation sites is 1. The van der Waals surface area contributed by atoms with Crippen molar-refractivity contribution in [3.05, 3.63) is 169 Å². The zero-order valence-corrected chi connectivity index (χ0v) is 28.0. The Morgan fingerprint density at radius 2 is 0.849 bits per heavy atom. The monoisotopic (exact) mass is 721 g/mol. The number of halogens is 6. The van der Waals surface area contributed by atoms with Crippen LogP contribution < -0.4 is 4.90 Å². The third-order valence-corrected chi connectivity index (χ3v) is 8.58. The van der Waals surface area contributed by atoms with Gasteiger partial charge in [-0.15, -0.1) is 20.4 Å². The van der Waals surface area contributed by atoms with Crippen molar-refractivity contribution in [2.75, 3.05) is 11.9 Å². The average molecular weight is 722 g/mol. The molecule has 13 heteroatoms. The first-order valence-corrected chi connectivity index (χ1v) is 16.3. The Kier molecular flexibility index (Phi) is 9.39. The number of pyridine rings is 2. The summed E-state index contributed by atoms with van der Waals surface area (Å²) in [5.41, 5.74) is 7.68. The first kappa shape index (κ1) is 34.9. The summed E-state index contributed by atoms with van der Waals surface area (Å²) in [5, 5.41) is 13.7. The zero-order valence-electron chi connectivity index (χ0n) is 28.0. The predicted octanol–water partition coefficient (Wildman–Crippen LogP) is 10.2. The third kappa shape index (κ3) is 7.74. The summed E-state index contributed by atoms with van der Waals surface area (Å²) in [6.07, 6.45) is -5.46. The highest BCUT2D eigenvalue weighted by Gasteiger charge is 2.37. The lowest BCUT2D eigenvalue weighted by Crippen LogP contribution is -2.10. The zero-order chi connectivity index (χ0) is 37.2. The minimum absolute atomic E-state index is 0.159. The maximum Gasteiger partial charge on any atom is 0.452 e. The quantitative estimate of drug-likeness (QED) is 0.160. The minimum atomic E-state index is -4.56. The van der Waals surface area contributed by atoms with E-state index in [-0.39, 0.29) is 11.3 Å². The maximum atomic E-state index is 13.1. The summed E-state index contributed by atoms with van der Waals surface area (Å²) >= 11 is 0. The number of hydrogen-bond acceptors (Lipinski definition) is 5. The first-order chi connectivity index (χ1) is 25.4. The fraction of sp³-hybridized carbons (Fsp3) is 0.100. The van der Waals surface area contributed by atoms with Gasteiger partial charge < -0.3 is 4.90 Å². The Bertz CT molecular complexity index is 2460. The lowest BCUT2D eigenvalue weighted by molar-refractivity contribution is -0.146. The van der Waals surface area contributed by atoms with Gasteiger partial charge >= 0.3 is 12.4 Å². The Labute approximate surface area is 299 Å². The van der Waals surface area contributed by atoms with Gasteiger partial charge in [-0.3, -0.25) is 8.80 Å². The van der Waals surface area contributed by atoms with E-state index in [1.54, 1.807) is 12.1 Å². The molecule has 0 radical (unpaired) electrons. The molecule has 0 N–H and O–H groups in total. The second-order valence-corrected chi connectivity index (χ2v) is 12.1. The van der Waals surface area contributed by atoms with E-state index in [1.165, 1.54) is 30.1 Å². The van der Waals surface area contributed by atoms with Crippen molar-refractivity contribution in [3.8, 4) is 22.3 Å². The van der Waals surface area contributed by atoms with Gasteiger partial charge in [-0.2, -0.15) is 26.3 Å². The van der Waals surface area contributed by atoms with Crippen LogP contribution in [0.5, 0.6) is 0 Å². The normalized spacial score (nSPS) is 11.8. The summed E-state index contributed by atoms with van der Waals surface area (Å²) in [6, 6.07) is 42.0. The van der Waals surface area contributed by atoms with Crippen molar-refractivity contribution in [2.45, 2.75) is 18.8 Å². The van der Waals surface area contributed by atoms with Crippen LogP contribution in [-0.2, 0) is 18.8 Å². The van der Waals surface area contributed by atoms with Crippen LogP contribution >= 0.6 is 0 Å².